The number of ether oxygens (including phenoxy) is 1. The molecule has 0 unspecified atom stereocenters. The smallest absolute Gasteiger partial charge is 0.264 e. The van der Waals surface area contributed by atoms with Crippen molar-refractivity contribution in [1.82, 2.24) is 0 Å². The minimum Gasteiger partial charge on any atom is -0.484 e. The number of benzene rings is 3. The summed E-state index contributed by atoms with van der Waals surface area (Å²) in [7, 11) is -2.15. The van der Waals surface area contributed by atoms with Crippen LogP contribution in [0.2, 0.25) is 0 Å². The second kappa shape index (κ2) is 8.79. The van der Waals surface area contributed by atoms with Crippen LogP contribution in [0, 0.1) is 6.92 Å². The molecule has 3 rings (SSSR count). The molecule has 0 aliphatic heterocycles. The molecule has 1 N–H and O–H groups in total. The molecule has 3 aromatic carbocycles. The van der Waals surface area contributed by atoms with Gasteiger partial charge in [-0.15, -0.1) is 0 Å². The molecular weight excluding hydrogens is 388 g/mol. The Kier molecular flexibility index (Phi) is 6.19. The predicted molar refractivity (Wildman–Crippen MR) is 114 cm³/mol. The summed E-state index contributed by atoms with van der Waals surface area (Å²) in [6.45, 7) is 1.76. The van der Waals surface area contributed by atoms with E-state index in [4.69, 9.17) is 4.74 Å². The Morgan fingerprint density at radius 2 is 1.55 bits per heavy atom. The monoisotopic (exact) mass is 410 g/mol. The highest BCUT2D eigenvalue weighted by atomic mass is 32.2. The molecule has 3 aromatic rings. The number of carbonyl (C=O) groups is 1. The van der Waals surface area contributed by atoms with Gasteiger partial charge in [-0.25, -0.2) is 8.42 Å². The zero-order valence-corrected chi connectivity index (χ0v) is 17.0. The standard InChI is InChI=1S/C22H22N2O4S/c1-17-8-6-7-11-21(17)23-22(25)16-28-19-14-12-18(13-15-19)24(2)29(26,27)20-9-4-3-5-10-20/h3-15H,16H2,1-2H3,(H,23,25). The first-order valence-corrected chi connectivity index (χ1v) is 10.4. The van der Waals surface area contributed by atoms with Gasteiger partial charge in [-0.3, -0.25) is 9.10 Å². The lowest BCUT2D eigenvalue weighted by Gasteiger charge is -2.19. The first-order valence-electron chi connectivity index (χ1n) is 9.00. The van der Waals surface area contributed by atoms with Crippen LogP contribution >= 0.6 is 0 Å². The third-order valence-electron chi connectivity index (χ3n) is 4.39. The van der Waals surface area contributed by atoms with Crippen molar-refractivity contribution < 1.29 is 17.9 Å². The third-order valence-corrected chi connectivity index (χ3v) is 6.19. The van der Waals surface area contributed by atoms with Crippen molar-refractivity contribution in [3.63, 3.8) is 0 Å². The Bertz CT molecular complexity index is 1080. The van der Waals surface area contributed by atoms with Crippen LogP contribution in [-0.2, 0) is 14.8 Å². The third kappa shape index (κ3) is 4.94. The highest BCUT2D eigenvalue weighted by Crippen LogP contribution is 2.24. The summed E-state index contributed by atoms with van der Waals surface area (Å²) in [6, 6.07) is 22.2. The quantitative estimate of drug-likeness (QED) is 0.642. The van der Waals surface area contributed by atoms with Gasteiger partial charge in [0.1, 0.15) is 5.75 Å². The van der Waals surface area contributed by atoms with Gasteiger partial charge in [0.05, 0.1) is 10.6 Å². The lowest BCUT2D eigenvalue weighted by molar-refractivity contribution is -0.118. The van der Waals surface area contributed by atoms with Gasteiger partial charge in [-0.1, -0.05) is 36.4 Å². The van der Waals surface area contributed by atoms with Gasteiger partial charge in [0.25, 0.3) is 15.9 Å². The summed E-state index contributed by atoms with van der Waals surface area (Å²) < 4.78 is 32.1. The summed E-state index contributed by atoms with van der Waals surface area (Å²) in [5, 5.41) is 2.80. The van der Waals surface area contributed by atoms with E-state index in [-0.39, 0.29) is 17.4 Å². The van der Waals surface area contributed by atoms with Crippen LogP contribution < -0.4 is 14.4 Å². The molecule has 0 heterocycles. The molecule has 0 aromatic heterocycles. The van der Waals surface area contributed by atoms with Crippen molar-refractivity contribution in [2.45, 2.75) is 11.8 Å². The Morgan fingerprint density at radius 3 is 2.21 bits per heavy atom. The van der Waals surface area contributed by atoms with Crippen molar-refractivity contribution in [3.05, 3.63) is 84.4 Å². The number of para-hydroxylation sites is 1. The van der Waals surface area contributed by atoms with Crippen LogP contribution in [0.25, 0.3) is 0 Å². The minimum atomic E-state index is -3.64. The number of anilines is 2. The van der Waals surface area contributed by atoms with Gasteiger partial charge < -0.3 is 10.1 Å². The van der Waals surface area contributed by atoms with E-state index < -0.39 is 10.0 Å². The molecular formula is C22H22N2O4S. The fourth-order valence-corrected chi connectivity index (χ4v) is 3.91. The van der Waals surface area contributed by atoms with E-state index in [1.807, 2.05) is 31.2 Å². The first kappa shape index (κ1) is 20.4. The van der Waals surface area contributed by atoms with E-state index in [9.17, 15) is 13.2 Å². The van der Waals surface area contributed by atoms with Crippen molar-refractivity contribution in [1.29, 1.82) is 0 Å². The van der Waals surface area contributed by atoms with Crippen molar-refractivity contribution in [2.75, 3.05) is 23.3 Å². The summed E-state index contributed by atoms with van der Waals surface area (Å²) in [4.78, 5) is 12.3. The van der Waals surface area contributed by atoms with Crippen LogP contribution in [0.3, 0.4) is 0 Å². The molecule has 0 bridgehead atoms. The molecule has 0 fully saturated rings. The Balaban J connectivity index is 1.61. The fourth-order valence-electron chi connectivity index (χ4n) is 2.69. The zero-order chi connectivity index (χ0) is 20.9. The molecule has 0 spiro atoms. The second-order valence-corrected chi connectivity index (χ2v) is 8.40. The van der Waals surface area contributed by atoms with Crippen LogP contribution in [0.15, 0.2) is 83.8 Å². The van der Waals surface area contributed by atoms with Crippen LogP contribution in [0.1, 0.15) is 5.56 Å². The lowest BCUT2D eigenvalue weighted by atomic mass is 10.2. The van der Waals surface area contributed by atoms with E-state index in [1.165, 1.54) is 11.4 Å². The van der Waals surface area contributed by atoms with Gasteiger partial charge in [-0.2, -0.15) is 0 Å². The number of hydrogen-bond donors (Lipinski definition) is 1. The topological polar surface area (TPSA) is 75.7 Å². The molecule has 0 aliphatic carbocycles. The number of nitrogens with zero attached hydrogens (tertiary/aromatic N) is 1. The van der Waals surface area contributed by atoms with E-state index >= 15 is 0 Å². The van der Waals surface area contributed by atoms with Gasteiger partial charge in [0.2, 0.25) is 0 Å². The second-order valence-electron chi connectivity index (χ2n) is 6.43. The molecule has 0 atom stereocenters. The summed E-state index contributed by atoms with van der Waals surface area (Å²) in [5.41, 5.74) is 2.20. The zero-order valence-electron chi connectivity index (χ0n) is 16.2. The Morgan fingerprint density at radius 1 is 0.931 bits per heavy atom. The van der Waals surface area contributed by atoms with Crippen molar-refractivity contribution in [3.8, 4) is 5.75 Å². The van der Waals surface area contributed by atoms with Crippen LogP contribution in [0.5, 0.6) is 5.75 Å². The van der Waals surface area contributed by atoms with E-state index in [0.717, 1.165) is 11.3 Å². The number of carbonyl (C=O) groups excluding carboxylic acids is 1. The first-order chi connectivity index (χ1) is 13.9. The Hall–Kier alpha value is -3.32. The largest absolute Gasteiger partial charge is 0.484 e. The summed E-state index contributed by atoms with van der Waals surface area (Å²) >= 11 is 0. The average Bonchev–Trinajstić information content (AvgIpc) is 2.74. The van der Waals surface area contributed by atoms with Crippen molar-refractivity contribution in [2.24, 2.45) is 0 Å². The molecule has 1 amide bonds. The molecule has 0 radical (unpaired) electrons. The molecule has 0 aliphatic rings. The Labute approximate surface area is 170 Å². The van der Waals surface area contributed by atoms with Gasteiger partial charge in [0, 0.05) is 12.7 Å². The predicted octanol–water partition coefficient (Wildman–Crippen LogP) is 3.84. The molecule has 150 valence electrons. The summed E-state index contributed by atoms with van der Waals surface area (Å²) in [6.07, 6.45) is 0. The fraction of sp³-hybridized carbons (Fsp3) is 0.136. The van der Waals surface area contributed by atoms with E-state index in [0.29, 0.717) is 11.4 Å². The highest BCUT2D eigenvalue weighted by molar-refractivity contribution is 7.92. The lowest BCUT2D eigenvalue weighted by Crippen LogP contribution is -2.26. The molecule has 0 saturated heterocycles. The highest BCUT2D eigenvalue weighted by Gasteiger charge is 2.20. The average molecular weight is 410 g/mol. The van der Waals surface area contributed by atoms with Crippen LogP contribution in [0.4, 0.5) is 11.4 Å². The molecule has 6 nitrogen and oxygen atoms in total. The maximum atomic E-state index is 12.7. The normalized spacial score (nSPS) is 11.0. The van der Waals surface area contributed by atoms with Gasteiger partial charge >= 0.3 is 0 Å². The SMILES string of the molecule is Cc1ccccc1NC(=O)COc1ccc(N(C)S(=O)(=O)c2ccccc2)cc1. The summed E-state index contributed by atoms with van der Waals surface area (Å²) in [5.74, 6) is 0.200. The number of hydrogen-bond acceptors (Lipinski definition) is 4. The maximum absolute atomic E-state index is 12.7. The van der Waals surface area contributed by atoms with E-state index in [1.54, 1.807) is 54.6 Å². The number of sulfonamides is 1. The number of rotatable bonds is 7. The van der Waals surface area contributed by atoms with Gasteiger partial charge in [0.15, 0.2) is 6.61 Å². The maximum Gasteiger partial charge on any atom is 0.264 e. The van der Waals surface area contributed by atoms with Crippen LogP contribution in [-0.4, -0.2) is 28.0 Å². The number of amides is 1. The molecule has 0 saturated carbocycles. The number of nitrogens with one attached hydrogen (secondary N) is 1. The minimum absolute atomic E-state index is 0.147. The van der Waals surface area contributed by atoms with Crippen molar-refractivity contribution >= 4 is 27.3 Å². The van der Waals surface area contributed by atoms with Gasteiger partial charge in [-0.05, 0) is 55.0 Å². The van der Waals surface area contributed by atoms with E-state index in [2.05, 4.69) is 5.32 Å². The molecule has 29 heavy (non-hydrogen) atoms. The number of aryl methyl sites for hydroxylation is 1. The molecule has 7 heteroatoms.